The smallest absolute Gasteiger partial charge is 0.331 e. The molecule has 2 N–H and O–H groups in total. The number of hydrogen-bond acceptors (Lipinski definition) is 6. The fourth-order valence-corrected chi connectivity index (χ4v) is 1.88. The van der Waals surface area contributed by atoms with Crippen molar-refractivity contribution in [3.05, 3.63) is 70.3 Å². The molecule has 0 aliphatic carbocycles. The molecule has 0 aliphatic heterocycles. The van der Waals surface area contributed by atoms with Crippen LogP contribution in [0.5, 0.6) is 0 Å². The number of nitrogens with one attached hydrogen (secondary N) is 1. The summed E-state index contributed by atoms with van der Waals surface area (Å²) in [6.07, 6.45) is 0. The summed E-state index contributed by atoms with van der Waals surface area (Å²) < 4.78 is 5.12. The Hall–Kier alpha value is -2.93. The summed E-state index contributed by atoms with van der Waals surface area (Å²) in [5.74, 6) is -0.602. The molecular weight excluding hydrogens is 300 g/mol. The molecule has 0 heterocycles. The zero-order valence-electron chi connectivity index (χ0n) is 12.2. The number of benzene rings is 2. The van der Waals surface area contributed by atoms with Gasteiger partial charge in [-0.25, -0.2) is 4.79 Å². The van der Waals surface area contributed by atoms with Gasteiger partial charge in [0, 0.05) is 17.8 Å². The molecule has 0 radical (unpaired) electrons. The van der Waals surface area contributed by atoms with Gasteiger partial charge in [-0.3, -0.25) is 10.1 Å². The van der Waals surface area contributed by atoms with Crippen LogP contribution in [0, 0.1) is 10.1 Å². The topological polar surface area (TPSA) is 102 Å². The highest BCUT2D eigenvalue weighted by Crippen LogP contribution is 2.13. The molecule has 2 aromatic carbocycles. The van der Waals surface area contributed by atoms with Crippen molar-refractivity contribution < 1.29 is 19.6 Å². The van der Waals surface area contributed by atoms with Crippen LogP contribution in [0.3, 0.4) is 0 Å². The summed E-state index contributed by atoms with van der Waals surface area (Å²) >= 11 is 0. The maximum Gasteiger partial charge on any atom is 0.331 e. The predicted molar refractivity (Wildman–Crippen MR) is 83.8 cm³/mol. The van der Waals surface area contributed by atoms with Gasteiger partial charge in [0.25, 0.3) is 5.69 Å². The molecule has 120 valence electrons. The molecule has 7 nitrogen and oxygen atoms in total. The van der Waals surface area contributed by atoms with Crippen molar-refractivity contribution in [2.75, 3.05) is 11.9 Å². The van der Waals surface area contributed by atoms with Gasteiger partial charge in [-0.2, -0.15) is 0 Å². The van der Waals surface area contributed by atoms with Crippen LogP contribution >= 0.6 is 0 Å². The van der Waals surface area contributed by atoms with Crippen LogP contribution in [0.15, 0.2) is 54.6 Å². The first-order valence-corrected chi connectivity index (χ1v) is 6.92. The number of non-ortho nitro benzene ring substituents is 1. The Kier molecular flexibility index (Phi) is 5.65. The quantitative estimate of drug-likeness (QED) is 0.461. The van der Waals surface area contributed by atoms with Gasteiger partial charge in [-0.1, -0.05) is 18.2 Å². The number of esters is 1. The van der Waals surface area contributed by atoms with E-state index in [9.17, 15) is 20.0 Å². The fraction of sp³-hybridized carbons (Fsp3) is 0.188. The third-order valence-corrected chi connectivity index (χ3v) is 3.11. The first-order chi connectivity index (χ1) is 11.1. The Morgan fingerprint density at radius 1 is 1.17 bits per heavy atom. The molecule has 0 fully saturated rings. The minimum Gasteiger partial charge on any atom is -0.459 e. The van der Waals surface area contributed by atoms with E-state index in [0.29, 0.717) is 11.3 Å². The largest absolute Gasteiger partial charge is 0.459 e. The van der Waals surface area contributed by atoms with E-state index < -0.39 is 23.5 Å². The molecule has 0 bridgehead atoms. The molecule has 0 saturated carbocycles. The molecule has 23 heavy (non-hydrogen) atoms. The van der Waals surface area contributed by atoms with Gasteiger partial charge in [0.2, 0.25) is 0 Å². The number of nitro benzene ring substituents is 1. The monoisotopic (exact) mass is 316 g/mol. The van der Waals surface area contributed by atoms with Crippen molar-refractivity contribution in [1.29, 1.82) is 0 Å². The van der Waals surface area contributed by atoms with Crippen LogP contribution in [0.4, 0.5) is 11.4 Å². The Morgan fingerprint density at radius 3 is 2.39 bits per heavy atom. The third-order valence-electron chi connectivity index (χ3n) is 3.11. The summed E-state index contributed by atoms with van der Waals surface area (Å²) in [5, 5.41) is 22.8. The summed E-state index contributed by atoms with van der Waals surface area (Å²) in [6.45, 7) is -0.433. The standard InChI is InChI=1S/C16H16N2O5/c19-10-15(17-13-4-2-1-3-5-13)16(20)23-11-12-6-8-14(9-7-12)18(21)22/h1-9,15,17,19H,10-11H2/t15-/m0/s1. The van der Waals surface area contributed by atoms with Crippen molar-refractivity contribution in [3.8, 4) is 0 Å². The highest BCUT2D eigenvalue weighted by Gasteiger charge is 2.19. The lowest BCUT2D eigenvalue weighted by Crippen LogP contribution is -2.34. The molecule has 0 amide bonds. The molecule has 0 saturated heterocycles. The highest BCUT2D eigenvalue weighted by atomic mass is 16.6. The van der Waals surface area contributed by atoms with Crippen LogP contribution in [-0.4, -0.2) is 28.6 Å². The number of anilines is 1. The molecule has 0 aromatic heterocycles. The average Bonchev–Trinajstić information content (AvgIpc) is 2.58. The first kappa shape index (κ1) is 16.4. The molecule has 0 aliphatic rings. The van der Waals surface area contributed by atoms with Gasteiger partial charge in [0.15, 0.2) is 0 Å². The number of nitro groups is 1. The van der Waals surface area contributed by atoms with Crippen LogP contribution in [0.2, 0.25) is 0 Å². The van der Waals surface area contributed by atoms with Crippen molar-refractivity contribution in [2.24, 2.45) is 0 Å². The predicted octanol–water partition coefficient (Wildman–Crippen LogP) is 2.11. The molecule has 2 rings (SSSR count). The minimum absolute atomic E-state index is 0.0240. The zero-order chi connectivity index (χ0) is 16.7. The van der Waals surface area contributed by atoms with Gasteiger partial charge in [-0.05, 0) is 29.8 Å². The van der Waals surface area contributed by atoms with E-state index in [1.165, 1.54) is 24.3 Å². The third kappa shape index (κ3) is 4.79. The maximum atomic E-state index is 12.0. The van der Waals surface area contributed by atoms with Gasteiger partial charge in [-0.15, -0.1) is 0 Å². The van der Waals surface area contributed by atoms with Gasteiger partial charge in [0.1, 0.15) is 12.6 Å². The van der Waals surface area contributed by atoms with E-state index in [1.54, 1.807) is 24.3 Å². The minimum atomic E-state index is -0.879. The van der Waals surface area contributed by atoms with Crippen molar-refractivity contribution in [3.63, 3.8) is 0 Å². The summed E-state index contributed by atoms with van der Waals surface area (Å²) in [4.78, 5) is 22.0. The van der Waals surface area contributed by atoms with E-state index in [4.69, 9.17) is 4.74 Å². The number of rotatable bonds is 7. The fourth-order valence-electron chi connectivity index (χ4n) is 1.88. The summed E-state index contributed by atoms with van der Waals surface area (Å²) in [7, 11) is 0. The molecule has 0 spiro atoms. The van der Waals surface area contributed by atoms with Crippen LogP contribution in [0.25, 0.3) is 0 Å². The van der Waals surface area contributed by atoms with E-state index >= 15 is 0 Å². The van der Waals surface area contributed by atoms with Crippen molar-refractivity contribution in [2.45, 2.75) is 12.6 Å². The number of nitrogens with zero attached hydrogens (tertiary/aromatic N) is 1. The lowest BCUT2D eigenvalue weighted by atomic mass is 10.2. The zero-order valence-corrected chi connectivity index (χ0v) is 12.2. The summed E-state index contributed by atoms with van der Waals surface area (Å²) in [6, 6.07) is 13.8. The second-order valence-corrected chi connectivity index (χ2v) is 4.78. The van der Waals surface area contributed by atoms with Gasteiger partial charge in [0.05, 0.1) is 11.5 Å². The Balaban J connectivity index is 1.90. The summed E-state index contributed by atoms with van der Waals surface area (Å²) in [5.41, 5.74) is 1.29. The second-order valence-electron chi connectivity index (χ2n) is 4.78. The Morgan fingerprint density at radius 2 is 1.83 bits per heavy atom. The van der Waals surface area contributed by atoms with Crippen molar-refractivity contribution >= 4 is 17.3 Å². The lowest BCUT2D eigenvalue weighted by Gasteiger charge is -2.16. The molecule has 7 heteroatoms. The number of aliphatic hydroxyl groups is 1. The number of aliphatic hydroxyl groups excluding tert-OH is 1. The molecule has 0 unspecified atom stereocenters. The molecule has 2 aromatic rings. The SMILES string of the molecule is O=C(OCc1ccc([N+](=O)[O-])cc1)[C@H](CO)Nc1ccccc1. The maximum absolute atomic E-state index is 12.0. The van der Waals surface area contributed by atoms with Crippen molar-refractivity contribution in [1.82, 2.24) is 0 Å². The van der Waals surface area contributed by atoms with E-state index in [0.717, 1.165) is 0 Å². The van der Waals surface area contributed by atoms with E-state index in [2.05, 4.69) is 5.32 Å². The van der Waals surface area contributed by atoms with E-state index in [1.807, 2.05) is 6.07 Å². The number of para-hydroxylation sites is 1. The average molecular weight is 316 g/mol. The van der Waals surface area contributed by atoms with Crippen LogP contribution in [0.1, 0.15) is 5.56 Å². The number of carbonyl (C=O) groups is 1. The van der Waals surface area contributed by atoms with E-state index in [-0.39, 0.29) is 12.3 Å². The Labute approximate surface area is 132 Å². The normalized spacial score (nSPS) is 11.5. The number of ether oxygens (including phenoxy) is 1. The van der Waals surface area contributed by atoms with Crippen LogP contribution < -0.4 is 5.32 Å². The second kappa shape index (κ2) is 7.90. The molecular formula is C16H16N2O5. The first-order valence-electron chi connectivity index (χ1n) is 6.92. The lowest BCUT2D eigenvalue weighted by molar-refractivity contribution is -0.384. The number of hydrogen-bond donors (Lipinski definition) is 2. The van der Waals surface area contributed by atoms with Gasteiger partial charge >= 0.3 is 5.97 Å². The van der Waals surface area contributed by atoms with Crippen LogP contribution in [-0.2, 0) is 16.1 Å². The highest BCUT2D eigenvalue weighted by molar-refractivity contribution is 5.79. The van der Waals surface area contributed by atoms with Gasteiger partial charge < -0.3 is 15.2 Å². The molecule has 1 atom stereocenters. The number of carbonyl (C=O) groups excluding carboxylic acids is 1. The Bertz CT molecular complexity index is 658.